The molecular formula is C25H42O. The van der Waals surface area contributed by atoms with Crippen molar-refractivity contribution < 1.29 is 4.79 Å². The van der Waals surface area contributed by atoms with Crippen LogP contribution in [0.2, 0.25) is 0 Å². The summed E-state index contributed by atoms with van der Waals surface area (Å²) in [6.45, 7) is 7.82. The first-order valence-corrected chi connectivity index (χ1v) is 11.9. The fraction of sp³-hybridized carbons (Fsp3) is 0.960. The fourth-order valence-corrected chi connectivity index (χ4v) is 9.00. The molecule has 0 spiro atoms. The van der Waals surface area contributed by atoms with Crippen LogP contribution in [0.3, 0.4) is 0 Å². The lowest BCUT2D eigenvalue weighted by atomic mass is 9.41. The summed E-state index contributed by atoms with van der Waals surface area (Å²) < 4.78 is 0. The van der Waals surface area contributed by atoms with E-state index in [0.29, 0.717) is 10.8 Å². The molecule has 4 aliphatic rings. The van der Waals surface area contributed by atoms with Crippen LogP contribution in [-0.4, -0.2) is 6.29 Å². The van der Waals surface area contributed by atoms with Crippen LogP contribution in [0.25, 0.3) is 0 Å². The van der Waals surface area contributed by atoms with Crippen molar-refractivity contribution in [1.82, 2.24) is 0 Å². The van der Waals surface area contributed by atoms with Crippen molar-refractivity contribution in [1.29, 1.82) is 0 Å². The molecule has 26 heavy (non-hydrogen) atoms. The second-order valence-corrected chi connectivity index (χ2v) is 11.2. The Morgan fingerprint density at radius 1 is 0.885 bits per heavy atom. The van der Waals surface area contributed by atoms with Gasteiger partial charge in [0.05, 0.1) is 0 Å². The monoisotopic (exact) mass is 358 g/mol. The summed E-state index contributed by atoms with van der Waals surface area (Å²) in [5.74, 6) is 5.62. The van der Waals surface area contributed by atoms with Crippen LogP contribution in [0.1, 0.15) is 104 Å². The molecule has 8 atom stereocenters. The summed E-state index contributed by atoms with van der Waals surface area (Å²) in [5, 5.41) is 0. The third kappa shape index (κ3) is 2.91. The molecule has 8 unspecified atom stereocenters. The quantitative estimate of drug-likeness (QED) is 0.492. The minimum Gasteiger partial charge on any atom is -0.303 e. The van der Waals surface area contributed by atoms with E-state index in [9.17, 15) is 4.79 Å². The van der Waals surface area contributed by atoms with E-state index in [2.05, 4.69) is 20.8 Å². The van der Waals surface area contributed by atoms with Crippen LogP contribution in [0.15, 0.2) is 0 Å². The minimum absolute atomic E-state index is 0.555. The highest BCUT2D eigenvalue weighted by Crippen LogP contribution is 2.67. The summed E-state index contributed by atoms with van der Waals surface area (Å²) >= 11 is 0. The van der Waals surface area contributed by atoms with Gasteiger partial charge in [-0.15, -0.1) is 0 Å². The zero-order chi connectivity index (χ0) is 18.4. The number of hydrogen-bond donors (Lipinski definition) is 0. The van der Waals surface area contributed by atoms with Crippen molar-refractivity contribution >= 4 is 6.29 Å². The Morgan fingerprint density at radius 3 is 2.50 bits per heavy atom. The molecule has 0 radical (unpaired) electrons. The lowest BCUT2D eigenvalue weighted by molar-refractivity contribution is -0.148. The molecule has 0 aromatic heterocycles. The van der Waals surface area contributed by atoms with Crippen molar-refractivity contribution in [2.45, 2.75) is 104 Å². The first-order valence-electron chi connectivity index (χ1n) is 11.9. The van der Waals surface area contributed by atoms with Crippen molar-refractivity contribution in [3.63, 3.8) is 0 Å². The molecule has 0 heterocycles. The van der Waals surface area contributed by atoms with Gasteiger partial charge in [0.25, 0.3) is 0 Å². The van der Waals surface area contributed by atoms with E-state index in [4.69, 9.17) is 0 Å². The Labute approximate surface area is 162 Å². The third-order valence-corrected chi connectivity index (χ3v) is 10.3. The highest BCUT2D eigenvalue weighted by molar-refractivity contribution is 5.49. The largest absolute Gasteiger partial charge is 0.303 e. The van der Waals surface area contributed by atoms with E-state index >= 15 is 0 Å². The Balaban J connectivity index is 1.57. The van der Waals surface area contributed by atoms with Crippen LogP contribution in [0, 0.1) is 46.3 Å². The summed E-state index contributed by atoms with van der Waals surface area (Å²) in [4.78, 5) is 10.9. The van der Waals surface area contributed by atoms with Gasteiger partial charge in [0.1, 0.15) is 6.29 Å². The first-order chi connectivity index (χ1) is 12.5. The maximum Gasteiger partial charge on any atom is 0.120 e. The van der Waals surface area contributed by atoms with Gasteiger partial charge in [0.15, 0.2) is 0 Å². The number of fused-ring (bicyclic) bond motifs is 5. The summed E-state index contributed by atoms with van der Waals surface area (Å²) in [7, 11) is 0. The summed E-state index contributed by atoms with van der Waals surface area (Å²) in [5.41, 5.74) is 1.22. The third-order valence-electron chi connectivity index (χ3n) is 10.3. The first kappa shape index (κ1) is 19.0. The smallest absolute Gasteiger partial charge is 0.120 e. The van der Waals surface area contributed by atoms with Crippen molar-refractivity contribution in [3.05, 3.63) is 0 Å². The predicted octanol–water partition coefficient (Wildman–Crippen LogP) is 7.04. The lowest BCUT2D eigenvalue weighted by Crippen LogP contribution is -2.56. The van der Waals surface area contributed by atoms with Gasteiger partial charge in [0, 0.05) is 6.42 Å². The Kier molecular flexibility index (Phi) is 5.30. The maximum atomic E-state index is 10.9. The van der Waals surface area contributed by atoms with Gasteiger partial charge in [-0.3, -0.25) is 0 Å². The van der Waals surface area contributed by atoms with Gasteiger partial charge in [-0.1, -0.05) is 40.0 Å². The zero-order valence-electron chi connectivity index (χ0n) is 17.6. The summed E-state index contributed by atoms with van der Waals surface area (Å²) in [6, 6.07) is 0. The average Bonchev–Trinajstić information content (AvgIpc) is 2.64. The molecule has 1 heteroatoms. The molecule has 0 bridgehead atoms. The topological polar surface area (TPSA) is 17.1 Å². The molecule has 4 saturated carbocycles. The van der Waals surface area contributed by atoms with Crippen LogP contribution in [-0.2, 0) is 4.79 Å². The van der Waals surface area contributed by atoms with E-state index < -0.39 is 0 Å². The molecule has 0 aliphatic heterocycles. The number of hydrogen-bond acceptors (Lipinski definition) is 1. The Morgan fingerprint density at radius 2 is 1.69 bits per heavy atom. The molecular weight excluding hydrogens is 316 g/mol. The standard InChI is InChI=1S/C25H42O/c1-18(8-7-17-26)21-10-6-11-22-20-13-12-19-9-4-5-15-24(19,2)23(20)14-16-25(21,22)3/h17-23H,4-16H2,1-3H3. The van der Waals surface area contributed by atoms with Gasteiger partial charge in [-0.25, -0.2) is 0 Å². The van der Waals surface area contributed by atoms with E-state index in [1.165, 1.54) is 70.6 Å². The molecule has 4 rings (SSSR count). The molecule has 4 fully saturated rings. The highest BCUT2D eigenvalue weighted by atomic mass is 16.1. The van der Waals surface area contributed by atoms with Gasteiger partial charge < -0.3 is 4.79 Å². The number of carbonyl (C=O) groups excluding carboxylic acids is 1. The second-order valence-electron chi connectivity index (χ2n) is 11.2. The lowest BCUT2D eigenvalue weighted by Gasteiger charge is -2.64. The predicted molar refractivity (Wildman–Crippen MR) is 109 cm³/mol. The minimum atomic E-state index is 0.555. The number of carbonyl (C=O) groups is 1. The van der Waals surface area contributed by atoms with Crippen LogP contribution < -0.4 is 0 Å². The van der Waals surface area contributed by atoms with E-state index in [1.54, 1.807) is 0 Å². The molecule has 0 aromatic carbocycles. The molecule has 0 saturated heterocycles. The van der Waals surface area contributed by atoms with Crippen LogP contribution in [0.5, 0.6) is 0 Å². The van der Waals surface area contributed by atoms with Gasteiger partial charge in [-0.05, 0) is 104 Å². The van der Waals surface area contributed by atoms with Gasteiger partial charge >= 0.3 is 0 Å². The zero-order valence-corrected chi connectivity index (χ0v) is 17.6. The number of rotatable bonds is 4. The fourth-order valence-electron chi connectivity index (χ4n) is 9.00. The van der Waals surface area contributed by atoms with Gasteiger partial charge in [0.2, 0.25) is 0 Å². The molecule has 0 amide bonds. The average molecular weight is 359 g/mol. The normalized spacial score (nSPS) is 49.4. The van der Waals surface area contributed by atoms with Crippen LogP contribution in [0.4, 0.5) is 0 Å². The summed E-state index contributed by atoms with van der Waals surface area (Å²) in [6.07, 6.45) is 19.4. The maximum absolute atomic E-state index is 10.9. The van der Waals surface area contributed by atoms with Crippen LogP contribution >= 0.6 is 0 Å². The SMILES string of the molecule is CC(CCC=O)C1CCCC2C3CCC4CCCCC4(C)C3CCC12C. The molecule has 0 aromatic rings. The van der Waals surface area contributed by atoms with E-state index in [1.807, 2.05) is 0 Å². The molecule has 148 valence electrons. The van der Waals surface area contributed by atoms with Crippen molar-refractivity contribution in [3.8, 4) is 0 Å². The van der Waals surface area contributed by atoms with Gasteiger partial charge in [-0.2, -0.15) is 0 Å². The number of aldehydes is 1. The van der Waals surface area contributed by atoms with E-state index in [-0.39, 0.29) is 0 Å². The Bertz CT molecular complexity index is 512. The Hall–Kier alpha value is -0.330. The molecule has 0 N–H and O–H groups in total. The second kappa shape index (κ2) is 7.25. The van der Waals surface area contributed by atoms with Crippen molar-refractivity contribution in [2.24, 2.45) is 46.3 Å². The van der Waals surface area contributed by atoms with E-state index in [0.717, 1.165) is 54.6 Å². The highest BCUT2D eigenvalue weighted by Gasteiger charge is 2.58. The molecule has 4 aliphatic carbocycles. The molecule has 1 nitrogen and oxygen atoms in total. The van der Waals surface area contributed by atoms with Crippen molar-refractivity contribution in [2.75, 3.05) is 0 Å².